The predicted molar refractivity (Wildman–Crippen MR) is 107 cm³/mol. The van der Waals surface area contributed by atoms with Crippen molar-refractivity contribution in [2.24, 2.45) is 5.14 Å². The van der Waals surface area contributed by atoms with E-state index < -0.39 is 10.0 Å². The molecule has 0 fully saturated rings. The fourth-order valence-corrected chi connectivity index (χ4v) is 4.76. The minimum Gasteiger partial charge on any atom is -0.255 e. The molecule has 4 nitrogen and oxygen atoms in total. The lowest BCUT2D eigenvalue weighted by atomic mass is 9.98. The van der Waals surface area contributed by atoms with Crippen molar-refractivity contribution in [3.8, 4) is 21.7 Å². The lowest BCUT2D eigenvalue weighted by Crippen LogP contribution is -2.09. The fraction of sp³-hybridized carbons (Fsp3) is 0.0500. The number of nitrogens with two attached hydrogens (primary N) is 1. The van der Waals surface area contributed by atoms with E-state index in [2.05, 4.69) is 29.2 Å². The number of rotatable bonds is 3. The largest absolute Gasteiger partial charge is 0.255 e. The van der Waals surface area contributed by atoms with Crippen LogP contribution < -0.4 is 5.14 Å². The molecule has 0 radical (unpaired) electrons. The Hall–Kier alpha value is -2.54. The van der Waals surface area contributed by atoms with Crippen LogP contribution in [0, 0.1) is 6.92 Å². The molecule has 0 saturated carbocycles. The van der Waals surface area contributed by atoms with E-state index in [1.54, 1.807) is 12.3 Å². The van der Waals surface area contributed by atoms with Gasteiger partial charge in [0.2, 0.25) is 10.0 Å². The number of thiophene rings is 1. The molecule has 0 spiro atoms. The van der Waals surface area contributed by atoms with E-state index in [0.717, 1.165) is 44.0 Å². The summed E-state index contributed by atoms with van der Waals surface area (Å²) in [7, 11) is -3.68. The maximum absolute atomic E-state index is 11.5. The van der Waals surface area contributed by atoms with E-state index in [1.165, 1.54) is 11.5 Å². The standard InChI is InChI=1S/C20H16N2O2S2/c1-13-11-15(18-9-10-19(25-18)26(21,23)24)12-22-20(13)17-8-4-6-14-5-2-3-7-16(14)17/h2-12H,1H3,(H2,21,23,24). The number of hydrogen-bond donors (Lipinski definition) is 1. The van der Waals surface area contributed by atoms with Crippen LogP contribution in [0.3, 0.4) is 0 Å². The third-order valence-corrected chi connectivity index (χ3v) is 6.84. The maximum Gasteiger partial charge on any atom is 0.247 e. The van der Waals surface area contributed by atoms with Crippen LogP contribution in [0.5, 0.6) is 0 Å². The van der Waals surface area contributed by atoms with Crippen molar-refractivity contribution >= 4 is 32.1 Å². The van der Waals surface area contributed by atoms with Gasteiger partial charge in [0.05, 0.1) is 5.69 Å². The summed E-state index contributed by atoms with van der Waals surface area (Å²) in [5.41, 5.74) is 3.92. The molecule has 0 unspecified atom stereocenters. The van der Waals surface area contributed by atoms with Crippen molar-refractivity contribution in [1.82, 2.24) is 4.98 Å². The Morgan fingerprint density at radius 3 is 2.50 bits per heavy atom. The zero-order valence-corrected chi connectivity index (χ0v) is 15.6. The molecule has 0 atom stereocenters. The number of aromatic nitrogens is 1. The second-order valence-corrected chi connectivity index (χ2v) is 8.95. The Bertz CT molecular complexity index is 1220. The lowest BCUT2D eigenvalue weighted by molar-refractivity contribution is 0.600. The van der Waals surface area contributed by atoms with Crippen molar-refractivity contribution in [3.05, 3.63) is 72.4 Å². The highest BCUT2D eigenvalue weighted by Gasteiger charge is 2.14. The molecule has 6 heteroatoms. The summed E-state index contributed by atoms with van der Waals surface area (Å²) in [5.74, 6) is 0. The molecule has 2 N–H and O–H groups in total. The van der Waals surface area contributed by atoms with Gasteiger partial charge in [-0.05, 0) is 41.5 Å². The number of nitrogens with zero attached hydrogens (tertiary/aromatic N) is 1. The molecule has 0 amide bonds. The van der Waals surface area contributed by atoms with Crippen molar-refractivity contribution < 1.29 is 8.42 Å². The number of sulfonamides is 1. The molecule has 0 aliphatic carbocycles. The van der Waals surface area contributed by atoms with Gasteiger partial charge in [-0.25, -0.2) is 13.6 Å². The van der Waals surface area contributed by atoms with Crippen LogP contribution in [0.25, 0.3) is 32.5 Å². The maximum atomic E-state index is 11.5. The van der Waals surface area contributed by atoms with Crippen LogP contribution in [-0.2, 0) is 10.0 Å². The Labute approximate surface area is 156 Å². The summed E-state index contributed by atoms with van der Waals surface area (Å²) >= 11 is 1.15. The first kappa shape index (κ1) is 16.9. The number of primary sulfonamides is 1. The molecule has 2 aromatic heterocycles. The van der Waals surface area contributed by atoms with Gasteiger partial charge in [-0.15, -0.1) is 11.3 Å². The number of pyridine rings is 1. The van der Waals surface area contributed by atoms with Gasteiger partial charge in [0, 0.05) is 22.2 Å². The predicted octanol–water partition coefficient (Wildman–Crippen LogP) is 4.59. The molecule has 4 rings (SSSR count). The van der Waals surface area contributed by atoms with Crippen LogP contribution in [-0.4, -0.2) is 13.4 Å². The highest BCUT2D eigenvalue weighted by Crippen LogP contribution is 2.34. The molecular weight excluding hydrogens is 364 g/mol. The van der Waals surface area contributed by atoms with Crippen LogP contribution in [0.1, 0.15) is 5.56 Å². The van der Waals surface area contributed by atoms with Gasteiger partial charge in [0.1, 0.15) is 4.21 Å². The minimum absolute atomic E-state index is 0.156. The van der Waals surface area contributed by atoms with Crippen LogP contribution >= 0.6 is 11.3 Å². The number of fused-ring (bicyclic) bond motifs is 1. The van der Waals surface area contributed by atoms with Crippen LogP contribution in [0.4, 0.5) is 0 Å². The van der Waals surface area contributed by atoms with Gasteiger partial charge in [0.25, 0.3) is 0 Å². The molecule has 130 valence electrons. The van der Waals surface area contributed by atoms with Gasteiger partial charge in [-0.3, -0.25) is 4.98 Å². The minimum atomic E-state index is -3.68. The molecule has 26 heavy (non-hydrogen) atoms. The zero-order valence-electron chi connectivity index (χ0n) is 14.0. The molecule has 2 aromatic carbocycles. The van der Waals surface area contributed by atoms with Gasteiger partial charge >= 0.3 is 0 Å². The van der Waals surface area contributed by atoms with Crippen molar-refractivity contribution in [3.63, 3.8) is 0 Å². The third-order valence-electron chi connectivity index (χ3n) is 4.27. The number of benzene rings is 2. The SMILES string of the molecule is Cc1cc(-c2ccc(S(N)(=O)=O)s2)cnc1-c1cccc2ccccc12. The molecule has 4 aromatic rings. The monoisotopic (exact) mass is 380 g/mol. The average Bonchev–Trinajstić information content (AvgIpc) is 3.12. The first-order valence-corrected chi connectivity index (χ1v) is 10.4. The summed E-state index contributed by atoms with van der Waals surface area (Å²) in [6, 6.07) is 19.7. The molecule has 0 bridgehead atoms. The summed E-state index contributed by atoms with van der Waals surface area (Å²) < 4.78 is 23.1. The smallest absolute Gasteiger partial charge is 0.247 e. The average molecular weight is 380 g/mol. The molecule has 2 heterocycles. The van der Waals surface area contributed by atoms with Crippen molar-refractivity contribution in [2.45, 2.75) is 11.1 Å². The lowest BCUT2D eigenvalue weighted by Gasteiger charge is -2.10. The van der Waals surface area contributed by atoms with Gasteiger partial charge in [-0.2, -0.15) is 0 Å². The highest BCUT2D eigenvalue weighted by atomic mass is 32.2. The van der Waals surface area contributed by atoms with E-state index >= 15 is 0 Å². The van der Waals surface area contributed by atoms with Gasteiger partial charge in [0.15, 0.2) is 0 Å². The normalized spacial score (nSPS) is 11.8. The Balaban J connectivity index is 1.80. The second kappa shape index (κ2) is 6.32. The van der Waals surface area contributed by atoms with E-state index in [4.69, 9.17) is 5.14 Å². The van der Waals surface area contributed by atoms with E-state index in [-0.39, 0.29) is 4.21 Å². The number of aryl methyl sites for hydroxylation is 1. The Morgan fingerprint density at radius 2 is 1.77 bits per heavy atom. The second-order valence-electron chi connectivity index (χ2n) is 6.08. The van der Waals surface area contributed by atoms with Crippen LogP contribution in [0.2, 0.25) is 0 Å². The molecule has 0 saturated heterocycles. The quantitative estimate of drug-likeness (QED) is 0.565. The first-order valence-electron chi connectivity index (χ1n) is 8.01. The van der Waals surface area contributed by atoms with Crippen molar-refractivity contribution in [2.75, 3.05) is 0 Å². The Morgan fingerprint density at radius 1 is 1.00 bits per heavy atom. The summed E-state index contributed by atoms with van der Waals surface area (Å²) in [6.07, 6.45) is 1.78. The van der Waals surface area contributed by atoms with Crippen molar-refractivity contribution in [1.29, 1.82) is 0 Å². The summed E-state index contributed by atoms with van der Waals surface area (Å²) in [4.78, 5) is 5.50. The third kappa shape index (κ3) is 3.03. The van der Waals surface area contributed by atoms with Gasteiger partial charge in [-0.1, -0.05) is 42.5 Å². The summed E-state index contributed by atoms with van der Waals surface area (Å²) in [5, 5.41) is 7.53. The van der Waals surface area contributed by atoms with Crippen LogP contribution in [0.15, 0.2) is 71.1 Å². The molecular formula is C20H16N2O2S2. The van der Waals surface area contributed by atoms with E-state index in [1.807, 2.05) is 31.2 Å². The highest BCUT2D eigenvalue weighted by molar-refractivity contribution is 7.91. The molecule has 0 aliphatic rings. The summed E-state index contributed by atoms with van der Waals surface area (Å²) in [6.45, 7) is 2.02. The van der Waals surface area contributed by atoms with Gasteiger partial charge < -0.3 is 0 Å². The zero-order chi connectivity index (χ0) is 18.3. The van der Waals surface area contributed by atoms with E-state index in [9.17, 15) is 8.42 Å². The number of hydrogen-bond acceptors (Lipinski definition) is 4. The van der Waals surface area contributed by atoms with E-state index in [0.29, 0.717) is 0 Å². The molecule has 0 aliphatic heterocycles. The topological polar surface area (TPSA) is 73.1 Å². The first-order chi connectivity index (χ1) is 12.4. The fourth-order valence-electron chi connectivity index (χ4n) is 3.05. The Kier molecular flexibility index (Phi) is 4.11.